The van der Waals surface area contributed by atoms with Crippen molar-refractivity contribution in [3.8, 4) is 0 Å². The summed E-state index contributed by atoms with van der Waals surface area (Å²) in [5, 5.41) is 3.00. The van der Waals surface area contributed by atoms with E-state index >= 15 is 0 Å². The van der Waals surface area contributed by atoms with Gasteiger partial charge in [-0.15, -0.1) is 0 Å². The quantitative estimate of drug-likeness (QED) is 0.469. The van der Waals surface area contributed by atoms with Gasteiger partial charge < -0.3 is 5.23 Å². The molecule has 0 bridgehead atoms. The van der Waals surface area contributed by atoms with Gasteiger partial charge in [0.05, 0.1) is 0 Å². The van der Waals surface area contributed by atoms with Crippen molar-refractivity contribution in [1.29, 1.82) is 0 Å². The highest BCUT2D eigenvalue weighted by atomic mass is 16.1. The molecular formula is C8H10BNO. The van der Waals surface area contributed by atoms with Crippen molar-refractivity contribution in [2.75, 3.05) is 7.05 Å². The molecule has 1 aromatic carbocycles. The Labute approximate surface area is 66.9 Å². The second kappa shape index (κ2) is 3.93. The van der Waals surface area contributed by atoms with Crippen molar-refractivity contribution >= 4 is 19.2 Å². The minimum Gasteiger partial charge on any atom is -0.357 e. The molecule has 0 saturated carbocycles. The molecule has 0 aromatic heterocycles. The van der Waals surface area contributed by atoms with Crippen LogP contribution in [0.3, 0.4) is 0 Å². The summed E-state index contributed by atoms with van der Waals surface area (Å²) in [4.78, 5) is 10.5. The third kappa shape index (κ3) is 1.92. The van der Waals surface area contributed by atoms with E-state index < -0.39 is 0 Å². The Kier molecular flexibility index (Phi) is 2.87. The number of carbonyl (C=O) groups is 1. The molecule has 1 aromatic rings. The first-order valence-corrected chi connectivity index (χ1v) is 3.56. The highest BCUT2D eigenvalue weighted by Gasteiger charge is 1.98. The van der Waals surface area contributed by atoms with Gasteiger partial charge in [-0.05, 0) is 7.05 Å². The third-order valence-electron chi connectivity index (χ3n) is 1.55. The van der Waals surface area contributed by atoms with E-state index in [4.69, 9.17) is 0 Å². The zero-order valence-corrected chi connectivity index (χ0v) is 6.50. The zero-order valence-electron chi connectivity index (χ0n) is 6.50. The molecule has 0 aliphatic carbocycles. The summed E-state index contributed by atoms with van der Waals surface area (Å²) < 4.78 is 0. The molecule has 0 aliphatic heterocycles. The Bertz CT molecular complexity index is 250. The first-order valence-electron chi connectivity index (χ1n) is 3.56. The van der Waals surface area contributed by atoms with E-state index in [1.54, 1.807) is 0 Å². The van der Waals surface area contributed by atoms with E-state index in [0.717, 1.165) is 24.7 Å². The minimum absolute atomic E-state index is 0.745. The maximum atomic E-state index is 10.5. The van der Waals surface area contributed by atoms with Crippen LogP contribution in [-0.2, 0) is 0 Å². The summed E-state index contributed by atoms with van der Waals surface area (Å²) in [5.41, 5.74) is 1.81. The van der Waals surface area contributed by atoms with Crippen LogP contribution < -0.4 is 10.7 Å². The number of rotatable bonds is 3. The lowest BCUT2D eigenvalue weighted by atomic mass is 9.80. The fourth-order valence-electron chi connectivity index (χ4n) is 1.00. The van der Waals surface area contributed by atoms with Crippen molar-refractivity contribution in [1.82, 2.24) is 5.23 Å². The number of benzene rings is 1. The summed E-state index contributed by atoms with van der Waals surface area (Å²) in [6, 6.07) is 7.56. The highest BCUT2D eigenvalue weighted by molar-refractivity contribution is 6.52. The number of nitrogens with one attached hydrogen (secondary N) is 1. The summed E-state index contributed by atoms with van der Waals surface area (Å²) in [6.07, 6.45) is 0.882. The fraction of sp³-hybridized carbons (Fsp3) is 0.125. The van der Waals surface area contributed by atoms with Crippen molar-refractivity contribution < 1.29 is 4.79 Å². The molecule has 56 valence electrons. The molecule has 3 heteroatoms. The predicted octanol–water partition coefficient (Wildman–Crippen LogP) is -0.305. The molecule has 0 aliphatic rings. The van der Waals surface area contributed by atoms with Gasteiger partial charge in [-0.3, -0.25) is 4.79 Å². The average Bonchev–Trinajstić information content (AvgIpc) is 2.06. The summed E-state index contributed by atoms with van der Waals surface area (Å²) in [6.45, 7) is 0. The molecule has 0 heterocycles. The molecule has 0 saturated heterocycles. The SMILES string of the molecule is CNBc1ccccc1C=O. The lowest BCUT2D eigenvalue weighted by Gasteiger charge is -1.99. The van der Waals surface area contributed by atoms with Crippen LogP contribution in [0, 0.1) is 0 Å². The fourth-order valence-corrected chi connectivity index (χ4v) is 1.00. The topological polar surface area (TPSA) is 29.1 Å². The molecule has 11 heavy (non-hydrogen) atoms. The molecule has 1 rings (SSSR count). The Morgan fingerprint density at radius 3 is 2.82 bits per heavy atom. The van der Waals surface area contributed by atoms with Gasteiger partial charge in [-0.1, -0.05) is 29.7 Å². The lowest BCUT2D eigenvalue weighted by molar-refractivity contribution is 0.112. The molecule has 0 radical (unpaired) electrons. The predicted molar refractivity (Wildman–Crippen MR) is 47.7 cm³/mol. The van der Waals surface area contributed by atoms with E-state index in [1.165, 1.54) is 0 Å². The van der Waals surface area contributed by atoms with Gasteiger partial charge in [-0.25, -0.2) is 0 Å². The van der Waals surface area contributed by atoms with Crippen molar-refractivity contribution in [2.45, 2.75) is 0 Å². The normalized spacial score (nSPS) is 9.18. The van der Waals surface area contributed by atoms with Crippen LogP contribution in [0.4, 0.5) is 0 Å². The molecule has 0 spiro atoms. The van der Waals surface area contributed by atoms with E-state index in [2.05, 4.69) is 5.23 Å². The van der Waals surface area contributed by atoms with Crippen LogP contribution in [0.1, 0.15) is 10.4 Å². The summed E-state index contributed by atoms with van der Waals surface area (Å²) in [5.74, 6) is 0. The summed E-state index contributed by atoms with van der Waals surface area (Å²) >= 11 is 0. The Morgan fingerprint density at radius 1 is 1.45 bits per heavy atom. The van der Waals surface area contributed by atoms with E-state index in [0.29, 0.717) is 0 Å². The average molecular weight is 147 g/mol. The number of hydrogen-bond acceptors (Lipinski definition) is 2. The van der Waals surface area contributed by atoms with Crippen LogP contribution in [0.25, 0.3) is 0 Å². The monoisotopic (exact) mass is 147 g/mol. The number of aldehydes is 1. The van der Waals surface area contributed by atoms with Crippen LogP contribution in [-0.4, -0.2) is 20.7 Å². The summed E-state index contributed by atoms with van der Waals surface area (Å²) in [7, 11) is 2.61. The minimum atomic E-state index is 0.745. The van der Waals surface area contributed by atoms with E-state index in [1.807, 2.05) is 31.3 Å². The Balaban J connectivity index is 2.92. The van der Waals surface area contributed by atoms with Crippen LogP contribution in [0.2, 0.25) is 0 Å². The maximum absolute atomic E-state index is 10.5. The molecule has 0 unspecified atom stereocenters. The van der Waals surface area contributed by atoms with Gasteiger partial charge in [0, 0.05) is 5.56 Å². The smallest absolute Gasteiger partial charge is 0.236 e. The van der Waals surface area contributed by atoms with Crippen LogP contribution in [0.15, 0.2) is 24.3 Å². The standard InChI is InChI=1S/C8H10BNO/c1-10-9-8-5-3-2-4-7(8)6-11/h2-6,9-10H,1H3. The second-order valence-corrected chi connectivity index (χ2v) is 2.35. The van der Waals surface area contributed by atoms with Crippen molar-refractivity contribution in [2.24, 2.45) is 0 Å². The Hall–Kier alpha value is -1.09. The van der Waals surface area contributed by atoms with Crippen molar-refractivity contribution in [3.63, 3.8) is 0 Å². The molecule has 0 atom stereocenters. The highest BCUT2D eigenvalue weighted by Crippen LogP contribution is 1.89. The third-order valence-corrected chi connectivity index (χ3v) is 1.55. The molecule has 1 N–H and O–H groups in total. The zero-order chi connectivity index (χ0) is 8.10. The van der Waals surface area contributed by atoms with E-state index in [9.17, 15) is 4.79 Å². The molecular weight excluding hydrogens is 137 g/mol. The molecule has 2 nitrogen and oxygen atoms in total. The number of carbonyl (C=O) groups excluding carboxylic acids is 1. The maximum Gasteiger partial charge on any atom is 0.236 e. The molecule has 0 fully saturated rings. The first-order chi connectivity index (χ1) is 5.38. The second-order valence-electron chi connectivity index (χ2n) is 2.35. The number of hydrogen-bond donors (Lipinski definition) is 1. The van der Waals surface area contributed by atoms with Crippen LogP contribution >= 0.6 is 0 Å². The Morgan fingerprint density at radius 2 is 2.18 bits per heavy atom. The largest absolute Gasteiger partial charge is 0.357 e. The van der Waals surface area contributed by atoms with Gasteiger partial charge in [0.25, 0.3) is 0 Å². The van der Waals surface area contributed by atoms with Gasteiger partial charge in [-0.2, -0.15) is 0 Å². The van der Waals surface area contributed by atoms with Gasteiger partial charge in [0.15, 0.2) is 0 Å². The van der Waals surface area contributed by atoms with Crippen LogP contribution in [0.5, 0.6) is 0 Å². The molecule has 0 amide bonds. The lowest BCUT2D eigenvalue weighted by Crippen LogP contribution is -2.29. The first kappa shape index (κ1) is 8.02. The van der Waals surface area contributed by atoms with Crippen molar-refractivity contribution in [3.05, 3.63) is 29.8 Å². The van der Waals surface area contributed by atoms with Gasteiger partial charge >= 0.3 is 0 Å². The van der Waals surface area contributed by atoms with E-state index in [-0.39, 0.29) is 0 Å². The van der Waals surface area contributed by atoms with Gasteiger partial charge in [0.1, 0.15) is 6.29 Å². The van der Waals surface area contributed by atoms with Gasteiger partial charge in [0.2, 0.25) is 7.41 Å².